The van der Waals surface area contributed by atoms with Gasteiger partial charge in [-0.25, -0.2) is 9.78 Å². The normalized spacial score (nSPS) is 10.2. The Kier molecular flexibility index (Phi) is 4.24. The number of ether oxygens (including phenoxy) is 2. The first kappa shape index (κ1) is 14.3. The number of halogens is 1. The Labute approximate surface area is 124 Å². The van der Waals surface area contributed by atoms with Crippen LogP contribution in [0.25, 0.3) is 0 Å². The van der Waals surface area contributed by atoms with Crippen molar-refractivity contribution in [1.29, 1.82) is 0 Å². The molecule has 2 aromatic rings. The van der Waals surface area contributed by atoms with Crippen LogP contribution < -0.4 is 9.47 Å². The summed E-state index contributed by atoms with van der Waals surface area (Å²) in [5.74, 6) is 0.116. The van der Waals surface area contributed by atoms with Gasteiger partial charge in [0.15, 0.2) is 0 Å². The molecule has 6 heteroatoms. The Morgan fingerprint density at radius 1 is 1.35 bits per heavy atom. The summed E-state index contributed by atoms with van der Waals surface area (Å²) < 4.78 is 11.3. The summed E-state index contributed by atoms with van der Waals surface area (Å²) in [6.07, 6.45) is 1.51. The number of rotatable bonds is 4. The summed E-state index contributed by atoms with van der Waals surface area (Å²) >= 11 is 3.35. The van der Waals surface area contributed by atoms with Crippen LogP contribution in [0, 0.1) is 6.92 Å². The standard InChI is InChI=1S/C14H12BrNO4/c1-8-5-6-16-13(12(8)14(17)18)20-11-4-3-9(19-2)7-10(11)15/h3-7H,1-2H3,(H,17,18). The zero-order chi connectivity index (χ0) is 14.7. The second-order valence-corrected chi connectivity index (χ2v) is 4.87. The van der Waals surface area contributed by atoms with E-state index in [2.05, 4.69) is 20.9 Å². The molecular weight excluding hydrogens is 326 g/mol. The van der Waals surface area contributed by atoms with E-state index in [-0.39, 0.29) is 11.4 Å². The van der Waals surface area contributed by atoms with E-state index in [0.717, 1.165) is 0 Å². The molecule has 1 aromatic carbocycles. The predicted molar refractivity (Wildman–Crippen MR) is 76.7 cm³/mol. The molecule has 0 spiro atoms. The second kappa shape index (κ2) is 5.92. The van der Waals surface area contributed by atoms with Crippen LogP contribution in [0.4, 0.5) is 0 Å². The van der Waals surface area contributed by atoms with Crippen molar-refractivity contribution in [1.82, 2.24) is 4.98 Å². The molecular formula is C14H12BrNO4. The third kappa shape index (κ3) is 2.91. The first-order chi connectivity index (χ1) is 9.52. The van der Waals surface area contributed by atoms with Crippen LogP contribution in [0.1, 0.15) is 15.9 Å². The van der Waals surface area contributed by atoms with Gasteiger partial charge in [0.2, 0.25) is 5.88 Å². The topological polar surface area (TPSA) is 68.7 Å². The minimum Gasteiger partial charge on any atom is -0.497 e. The number of aromatic nitrogens is 1. The largest absolute Gasteiger partial charge is 0.497 e. The van der Waals surface area contributed by atoms with Crippen molar-refractivity contribution < 1.29 is 19.4 Å². The van der Waals surface area contributed by atoms with E-state index in [1.165, 1.54) is 6.20 Å². The number of nitrogens with zero attached hydrogens (tertiary/aromatic N) is 1. The number of methoxy groups -OCH3 is 1. The van der Waals surface area contributed by atoms with E-state index in [1.807, 2.05) is 0 Å². The SMILES string of the molecule is COc1ccc(Oc2nccc(C)c2C(=O)O)c(Br)c1. The highest BCUT2D eigenvalue weighted by Crippen LogP contribution is 2.33. The summed E-state index contributed by atoms with van der Waals surface area (Å²) in [5, 5.41) is 9.22. The molecule has 2 rings (SSSR count). The van der Waals surface area contributed by atoms with Gasteiger partial charge in [-0.2, -0.15) is 0 Å². The number of aryl methyl sites for hydroxylation is 1. The molecule has 0 aliphatic carbocycles. The van der Waals surface area contributed by atoms with Crippen molar-refractivity contribution in [3.63, 3.8) is 0 Å². The van der Waals surface area contributed by atoms with Gasteiger partial charge < -0.3 is 14.6 Å². The molecule has 0 bridgehead atoms. The highest BCUT2D eigenvalue weighted by Gasteiger charge is 2.17. The number of hydrogen-bond donors (Lipinski definition) is 1. The molecule has 104 valence electrons. The molecule has 0 fully saturated rings. The van der Waals surface area contributed by atoms with Crippen LogP contribution in [-0.2, 0) is 0 Å². The van der Waals surface area contributed by atoms with Crippen molar-refractivity contribution in [2.45, 2.75) is 6.92 Å². The van der Waals surface area contributed by atoms with Gasteiger partial charge in [-0.1, -0.05) is 0 Å². The molecule has 1 heterocycles. The maximum Gasteiger partial charge on any atom is 0.341 e. The van der Waals surface area contributed by atoms with Gasteiger partial charge in [0, 0.05) is 6.20 Å². The maximum absolute atomic E-state index is 11.3. The number of hydrogen-bond acceptors (Lipinski definition) is 4. The van der Waals surface area contributed by atoms with E-state index in [0.29, 0.717) is 21.5 Å². The third-order valence-electron chi connectivity index (χ3n) is 2.68. The molecule has 0 radical (unpaired) electrons. The zero-order valence-electron chi connectivity index (χ0n) is 10.9. The number of pyridine rings is 1. The summed E-state index contributed by atoms with van der Waals surface area (Å²) in [5.41, 5.74) is 0.641. The summed E-state index contributed by atoms with van der Waals surface area (Å²) in [6.45, 7) is 1.70. The van der Waals surface area contributed by atoms with Gasteiger partial charge in [0.05, 0.1) is 11.6 Å². The molecule has 0 atom stereocenters. The Hall–Kier alpha value is -2.08. The van der Waals surface area contributed by atoms with Crippen LogP contribution in [0.15, 0.2) is 34.9 Å². The molecule has 0 saturated carbocycles. The fraction of sp³-hybridized carbons (Fsp3) is 0.143. The predicted octanol–water partition coefficient (Wildman–Crippen LogP) is 3.65. The minimum atomic E-state index is -1.07. The summed E-state index contributed by atoms with van der Waals surface area (Å²) in [6, 6.07) is 6.75. The molecule has 0 unspecified atom stereocenters. The summed E-state index contributed by atoms with van der Waals surface area (Å²) in [7, 11) is 1.56. The molecule has 5 nitrogen and oxygen atoms in total. The van der Waals surface area contributed by atoms with Crippen molar-refractivity contribution >= 4 is 21.9 Å². The molecule has 1 aromatic heterocycles. The van der Waals surface area contributed by atoms with Crippen LogP contribution >= 0.6 is 15.9 Å². The lowest BCUT2D eigenvalue weighted by Gasteiger charge is -2.11. The van der Waals surface area contributed by atoms with Crippen molar-refractivity contribution in [2.75, 3.05) is 7.11 Å². The van der Waals surface area contributed by atoms with Gasteiger partial charge >= 0.3 is 5.97 Å². The Bertz CT molecular complexity index is 658. The van der Waals surface area contributed by atoms with Crippen LogP contribution in [0.5, 0.6) is 17.4 Å². The molecule has 0 aliphatic rings. The quantitative estimate of drug-likeness (QED) is 0.922. The lowest BCUT2D eigenvalue weighted by atomic mass is 10.1. The van der Waals surface area contributed by atoms with E-state index in [9.17, 15) is 9.90 Å². The van der Waals surface area contributed by atoms with Crippen LogP contribution in [-0.4, -0.2) is 23.2 Å². The van der Waals surface area contributed by atoms with Crippen LogP contribution in [0.2, 0.25) is 0 Å². The average Bonchev–Trinajstić information content (AvgIpc) is 2.40. The van der Waals surface area contributed by atoms with Crippen molar-refractivity contribution in [2.24, 2.45) is 0 Å². The second-order valence-electron chi connectivity index (χ2n) is 4.01. The summed E-state index contributed by atoms with van der Waals surface area (Å²) in [4.78, 5) is 15.3. The highest BCUT2D eigenvalue weighted by atomic mass is 79.9. The lowest BCUT2D eigenvalue weighted by Crippen LogP contribution is -2.04. The number of carboxylic acid groups (broad SMARTS) is 1. The third-order valence-corrected chi connectivity index (χ3v) is 3.30. The highest BCUT2D eigenvalue weighted by molar-refractivity contribution is 9.10. The van der Waals surface area contributed by atoms with E-state index in [1.54, 1.807) is 38.3 Å². The Morgan fingerprint density at radius 3 is 2.70 bits per heavy atom. The molecule has 0 aliphatic heterocycles. The van der Waals surface area contributed by atoms with Crippen LogP contribution in [0.3, 0.4) is 0 Å². The van der Waals surface area contributed by atoms with Crippen molar-refractivity contribution in [3.8, 4) is 17.4 Å². The van der Waals surface area contributed by atoms with Gasteiger partial charge in [0.25, 0.3) is 0 Å². The fourth-order valence-corrected chi connectivity index (χ4v) is 2.11. The molecule has 1 N–H and O–H groups in total. The van der Waals surface area contributed by atoms with Crippen molar-refractivity contribution in [3.05, 3.63) is 46.1 Å². The molecule has 0 amide bonds. The number of carbonyl (C=O) groups is 1. The van der Waals surface area contributed by atoms with E-state index < -0.39 is 5.97 Å². The maximum atomic E-state index is 11.3. The average molecular weight is 338 g/mol. The van der Waals surface area contributed by atoms with Gasteiger partial charge in [0.1, 0.15) is 17.1 Å². The first-order valence-corrected chi connectivity index (χ1v) is 6.52. The molecule has 20 heavy (non-hydrogen) atoms. The molecule has 0 saturated heterocycles. The number of aromatic carboxylic acids is 1. The number of carboxylic acids is 1. The fourth-order valence-electron chi connectivity index (χ4n) is 1.67. The van der Waals surface area contributed by atoms with E-state index >= 15 is 0 Å². The Morgan fingerprint density at radius 2 is 2.10 bits per heavy atom. The lowest BCUT2D eigenvalue weighted by molar-refractivity contribution is 0.0692. The number of benzene rings is 1. The van der Waals surface area contributed by atoms with E-state index in [4.69, 9.17) is 9.47 Å². The first-order valence-electron chi connectivity index (χ1n) is 5.73. The smallest absolute Gasteiger partial charge is 0.341 e. The van der Waals surface area contributed by atoms with Gasteiger partial charge in [-0.3, -0.25) is 0 Å². The monoisotopic (exact) mass is 337 g/mol. The zero-order valence-corrected chi connectivity index (χ0v) is 12.5. The minimum absolute atomic E-state index is 0.0511. The van der Waals surface area contributed by atoms with Gasteiger partial charge in [-0.05, 0) is 52.7 Å². The Balaban J connectivity index is 2.40. The van der Waals surface area contributed by atoms with Gasteiger partial charge in [-0.15, -0.1) is 0 Å².